The van der Waals surface area contributed by atoms with Gasteiger partial charge in [0, 0.05) is 19.6 Å². The SMILES string of the molecule is CCCn1nnnc1CN1CCOC(CC(=O)O)C1. The summed E-state index contributed by atoms with van der Waals surface area (Å²) in [5, 5.41) is 20.4. The van der Waals surface area contributed by atoms with Crippen LogP contribution >= 0.6 is 0 Å². The summed E-state index contributed by atoms with van der Waals surface area (Å²) in [5.41, 5.74) is 0. The first-order valence-electron chi connectivity index (χ1n) is 6.49. The van der Waals surface area contributed by atoms with Crippen LogP contribution in [0.5, 0.6) is 0 Å². The number of aliphatic carboxylic acids is 1. The van der Waals surface area contributed by atoms with Gasteiger partial charge in [-0.05, 0) is 16.8 Å². The van der Waals surface area contributed by atoms with Crippen LogP contribution in [0.1, 0.15) is 25.6 Å². The zero-order valence-corrected chi connectivity index (χ0v) is 11.0. The highest BCUT2D eigenvalue weighted by atomic mass is 16.5. The molecule has 1 aromatic heterocycles. The summed E-state index contributed by atoms with van der Waals surface area (Å²) in [6.07, 6.45) is 0.765. The number of rotatable bonds is 6. The van der Waals surface area contributed by atoms with E-state index in [9.17, 15) is 4.79 Å². The average molecular weight is 269 g/mol. The van der Waals surface area contributed by atoms with Crippen molar-refractivity contribution in [2.75, 3.05) is 19.7 Å². The first-order valence-corrected chi connectivity index (χ1v) is 6.49. The summed E-state index contributed by atoms with van der Waals surface area (Å²) in [4.78, 5) is 12.8. The molecular formula is C11H19N5O3. The highest BCUT2D eigenvalue weighted by Gasteiger charge is 2.24. The van der Waals surface area contributed by atoms with Crippen molar-refractivity contribution in [1.29, 1.82) is 0 Å². The summed E-state index contributed by atoms with van der Waals surface area (Å²) >= 11 is 0. The van der Waals surface area contributed by atoms with E-state index in [-0.39, 0.29) is 12.5 Å². The fraction of sp³-hybridized carbons (Fsp3) is 0.818. The maximum atomic E-state index is 10.7. The van der Waals surface area contributed by atoms with Gasteiger partial charge < -0.3 is 9.84 Å². The highest BCUT2D eigenvalue weighted by molar-refractivity contribution is 5.67. The van der Waals surface area contributed by atoms with E-state index in [1.165, 1.54) is 0 Å². The van der Waals surface area contributed by atoms with E-state index < -0.39 is 5.97 Å². The van der Waals surface area contributed by atoms with Gasteiger partial charge in [0.25, 0.3) is 0 Å². The number of nitrogens with zero attached hydrogens (tertiary/aromatic N) is 5. The van der Waals surface area contributed by atoms with E-state index in [2.05, 4.69) is 27.3 Å². The molecule has 1 fully saturated rings. The molecule has 0 saturated carbocycles. The van der Waals surface area contributed by atoms with Gasteiger partial charge in [0.2, 0.25) is 0 Å². The molecular weight excluding hydrogens is 250 g/mol. The van der Waals surface area contributed by atoms with Crippen LogP contribution in [0.4, 0.5) is 0 Å². The van der Waals surface area contributed by atoms with Crippen LogP contribution in [-0.4, -0.2) is 62.0 Å². The molecule has 2 heterocycles. The largest absolute Gasteiger partial charge is 0.481 e. The van der Waals surface area contributed by atoms with Gasteiger partial charge in [0.05, 0.1) is 25.7 Å². The van der Waals surface area contributed by atoms with E-state index in [4.69, 9.17) is 9.84 Å². The molecule has 1 aromatic rings. The number of carbonyl (C=O) groups is 1. The minimum atomic E-state index is -0.831. The van der Waals surface area contributed by atoms with E-state index in [1.807, 2.05) is 0 Å². The number of hydrogen-bond donors (Lipinski definition) is 1. The third-order valence-corrected chi connectivity index (χ3v) is 3.03. The van der Waals surface area contributed by atoms with Crippen LogP contribution in [0.3, 0.4) is 0 Å². The average Bonchev–Trinajstić information content (AvgIpc) is 2.77. The van der Waals surface area contributed by atoms with Gasteiger partial charge in [-0.2, -0.15) is 0 Å². The zero-order valence-electron chi connectivity index (χ0n) is 11.0. The van der Waals surface area contributed by atoms with Gasteiger partial charge in [-0.25, -0.2) is 4.68 Å². The van der Waals surface area contributed by atoms with E-state index in [0.29, 0.717) is 19.7 Å². The highest BCUT2D eigenvalue weighted by Crippen LogP contribution is 2.11. The van der Waals surface area contributed by atoms with Crippen molar-refractivity contribution >= 4 is 5.97 Å². The van der Waals surface area contributed by atoms with Crippen molar-refractivity contribution in [1.82, 2.24) is 25.1 Å². The third-order valence-electron chi connectivity index (χ3n) is 3.03. The molecule has 1 saturated heterocycles. The second-order valence-electron chi connectivity index (χ2n) is 4.64. The summed E-state index contributed by atoms with van der Waals surface area (Å²) in [5.74, 6) is -0.0134. The van der Waals surface area contributed by atoms with Crippen molar-refractivity contribution in [3.63, 3.8) is 0 Å². The van der Waals surface area contributed by atoms with Gasteiger partial charge in [0.15, 0.2) is 5.82 Å². The molecule has 19 heavy (non-hydrogen) atoms. The fourth-order valence-electron chi connectivity index (χ4n) is 2.16. The lowest BCUT2D eigenvalue weighted by Gasteiger charge is -2.31. The Bertz CT molecular complexity index is 422. The number of morpholine rings is 1. The van der Waals surface area contributed by atoms with Crippen LogP contribution in [0.2, 0.25) is 0 Å². The maximum Gasteiger partial charge on any atom is 0.306 e. The van der Waals surface area contributed by atoms with Gasteiger partial charge in [0.1, 0.15) is 0 Å². The molecule has 1 atom stereocenters. The lowest BCUT2D eigenvalue weighted by molar-refractivity contribution is -0.142. The van der Waals surface area contributed by atoms with E-state index in [1.54, 1.807) is 4.68 Å². The van der Waals surface area contributed by atoms with Crippen molar-refractivity contribution in [3.05, 3.63) is 5.82 Å². The van der Waals surface area contributed by atoms with Gasteiger partial charge >= 0.3 is 5.97 Å². The maximum absolute atomic E-state index is 10.7. The quantitative estimate of drug-likeness (QED) is 0.761. The molecule has 0 bridgehead atoms. The summed E-state index contributed by atoms with van der Waals surface area (Å²) in [6.45, 7) is 5.43. The molecule has 0 aromatic carbocycles. The number of carboxylic acid groups (broad SMARTS) is 1. The molecule has 2 rings (SSSR count). The minimum absolute atomic E-state index is 0.0381. The number of aromatic nitrogens is 4. The monoisotopic (exact) mass is 269 g/mol. The first kappa shape index (κ1) is 13.9. The van der Waals surface area contributed by atoms with E-state index >= 15 is 0 Å². The predicted molar refractivity (Wildman–Crippen MR) is 65.4 cm³/mol. The molecule has 0 aliphatic carbocycles. The van der Waals surface area contributed by atoms with Crippen LogP contribution in [-0.2, 0) is 22.6 Å². The Balaban J connectivity index is 1.91. The fourth-order valence-corrected chi connectivity index (χ4v) is 2.16. The van der Waals surface area contributed by atoms with Crippen molar-refractivity contribution < 1.29 is 14.6 Å². The Hall–Kier alpha value is -1.54. The first-order chi connectivity index (χ1) is 9.19. The molecule has 8 nitrogen and oxygen atoms in total. The molecule has 0 spiro atoms. The zero-order chi connectivity index (χ0) is 13.7. The molecule has 8 heteroatoms. The summed E-state index contributed by atoms with van der Waals surface area (Å²) in [6, 6.07) is 0. The molecule has 1 aliphatic heterocycles. The number of aryl methyl sites for hydroxylation is 1. The molecule has 0 radical (unpaired) electrons. The van der Waals surface area contributed by atoms with Crippen molar-refractivity contribution in [3.8, 4) is 0 Å². The Kier molecular flexibility index (Phi) is 4.80. The van der Waals surface area contributed by atoms with Gasteiger partial charge in [-0.15, -0.1) is 5.10 Å². The van der Waals surface area contributed by atoms with Crippen LogP contribution < -0.4 is 0 Å². The molecule has 0 amide bonds. The van der Waals surface area contributed by atoms with Crippen LogP contribution in [0.15, 0.2) is 0 Å². The minimum Gasteiger partial charge on any atom is -0.481 e. The topological polar surface area (TPSA) is 93.4 Å². The molecule has 106 valence electrons. The lowest BCUT2D eigenvalue weighted by atomic mass is 10.2. The molecule has 1 aliphatic rings. The summed E-state index contributed by atoms with van der Waals surface area (Å²) < 4.78 is 7.23. The number of carboxylic acids is 1. The molecule has 1 N–H and O–H groups in total. The predicted octanol–water partition coefficient (Wildman–Crippen LogP) is -0.241. The van der Waals surface area contributed by atoms with Crippen LogP contribution in [0, 0.1) is 0 Å². The smallest absolute Gasteiger partial charge is 0.306 e. The Labute approximate surface area is 111 Å². The van der Waals surface area contributed by atoms with E-state index in [0.717, 1.165) is 25.3 Å². The Morgan fingerprint density at radius 3 is 3.16 bits per heavy atom. The van der Waals surface area contributed by atoms with Crippen LogP contribution in [0.25, 0.3) is 0 Å². The summed E-state index contributed by atoms with van der Waals surface area (Å²) in [7, 11) is 0. The third kappa shape index (κ3) is 3.97. The second-order valence-corrected chi connectivity index (χ2v) is 4.64. The lowest BCUT2D eigenvalue weighted by Crippen LogP contribution is -2.43. The standard InChI is InChI=1S/C11H19N5O3/c1-2-3-16-10(12-13-14-16)8-15-4-5-19-9(7-15)6-11(17)18/h9H,2-8H2,1H3,(H,17,18). The van der Waals surface area contributed by atoms with Gasteiger partial charge in [-0.3, -0.25) is 9.69 Å². The number of tetrazole rings is 1. The molecule has 1 unspecified atom stereocenters. The van der Waals surface area contributed by atoms with Gasteiger partial charge in [-0.1, -0.05) is 6.92 Å². The second kappa shape index (κ2) is 6.58. The van der Waals surface area contributed by atoms with Crippen molar-refractivity contribution in [2.45, 2.75) is 39.0 Å². The Morgan fingerprint density at radius 1 is 1.58 bits per heavy atom. The number of ether oxygens (including phenoxy) is 1. The number of hydrogen-bond acceptors (Lipinski definition) is 6. The van der Waals surface area contributed by atoms with Crippen molar-refractivity contribution in [2.24, 2.45) is 0 Å². The normalized spacial score (nSPS) is 20.6. The Morgan fingerprint density at radius 2 is 2.42 bits per heavy atom.